The Hall–Kier alpha value is -0.860. The van der Waals surface area contributed by atoms with Crippen molar-refractivity contribution in [3.05, 3.63) is 34.4 Å². The highest BCUT2D eigenvalue weighted by Gasteiger charge is 2.46. The Morgan fingerprint density at radius 2 is 1.67 bits per heavy atom. The summed E-state index contributed by atoms with van der Waals surface area (Å²) in [5, 5.41) is 11.2. The van der Waals surface area contributed by atoms with E-state index in [2.05, 4.69) is 37.8 Å². The van der Waals surface area contributed by atoms with Crippen molar-refractivity contribution in [3.8, 4) is 0 Å². The van der Waals surface area contributed by atoms with Crippen LogP contribution in [0, 0.1) is 26.7 Å². The van der Waals surface area contributed by atoms with Crippen molar-refractivity contribution in [1.29, 1.82) is 0 Å². The first-order chi connectivity index (χ1) is 8.34. The minimum Gasteiger partial charge on any atom is -0.384 e. The summed E-state index contributed by atoms with van der Waals surface area (Å²) in [5.74, 6) is 0.431. The first-order valence-electron chi connectivity index (χ1n) is 6.80. The van der Waals surface area contributed by atoms with E-state index in [1.54, 1.807) is 0 Å². The van der Waals surface area contributed by atoms with Crippen LogP contribution in [0.25, 0.3) is 0 Å². The lowest BCUT2D eigenvalue weighted by molar-refractivity contribution is -0.0110. The minimum atomic E-state index is -0.675. The molecule has 1 fully saturated rings. The molecule has 18 heavy (non-hydrogen) atoms. The molecule has 2 heteroatoms. The van der Waals surface area contributed by atoms with Crippen LogP contribution in [0.4, 0.5) is 0 Å². The SMILES string of the molecule is Cc1cc(C)c(C(O)(CN(C)C)C2CC2)c(C)c1. The summed E-state index contributed by atoms with van der Waals surface area (Å²) in [4.78, 5) is 2.09. The number of benzene rings is 1. The maximum Gasteiger partial charge on any atom is 0.106 e. The van der Waals surface area contributed by atoms with Gasteiger partial charge >= 0.3 is 0 Å². The Bertz CT molecular complexity index is 425. The fraction of sp³-hybridized carbons (Fsp3) is 0.625. The molecule has 0 aromatic heterocycles. The molecule has 1 N–H and O–H groups in total. The largest absolute Gasteiger partial charge is 0.384 e. The van der Waals surface area contributed by atoms with Crippen LogP contribution in [0.1, 0.15) is 35.1 Å². The van der Waals surface area contributed by atoms with Gasteiger partial charge in [-0.25, -0.2) is 0 Å². The third kappa shape index (κ3) is 2.45. The number of nitrogens with zero attached hydrogens (tertiary/aromatic N) is 1. The van der Waals surface area contributed by atoms with E-state index in [9.17, 15) is 5.11 Å². The number of rotatable bonds is 4. The van der Waals surface area contributed by atoms with Gasteiger partial charge in [0.15, 0.2) is 0 Å². The molecule has 2 rings (SSSR count). The Morgan fingerprint density at radius 3 is 2.06 bits per heavy atom. The van der Waals surface area contributed by atoms with E-state index in [-0.39, 0.29) is 0 Å². The minimum absolute atomic E-state index is 0.431. The topological polar surface area (TPSA) is 23.5 Å². The van der Waals surface area contributed by atoms with E-state index < -0.39 is 5.60 Å². The van der Waals surface area contributed by atoms with Crippen LogP contribution >= 0.6 is 0 Å². The smallest absolute Gasteiger partial charge is 0.106 e. The van der Waals surface area contributed by atoms with Crippen LogP contribution in [-0.2, 0) is 5.60 Å². The zero-order valence-electron chi connectivity index (χ0n) is 12.2. The van der Waals surface area contributed by atoms with Gasteiger partial charge in [0.25, 0.3) is 0 Å². The van der Waals surface area contributed by atoms with Gasteiger partial charge in [0.05, 0.1) is 0 Å². The molecule has 0 amide bonds. The zero-order chi connectivity index (χ0) is 13.5. The van der Waals surface area contributed by atoms with E-state index in [0.717, 1.165) is 18.4 Å². The van der Waals surface area contributed by atoms with Gasteiger partial charge in [0.2, 0.25) is 0 Å². The second-order valence-electron chi connectivity index (χ2n) is 6.21. The van der Waals surface area contributed by atoms with Gasteiger partial charge in [-0.1, -0.05) is 17.7 Å². The normalized spacial score (nSPS) is 19.1. The third-order valence-electron chi connectivity index (χ3n) is 3.92. The molecule has 0 spiro atoms. The summed E-state index contributed by atoms with van der Waals surface area (Å²) < 4.78 is 0. The highest BCUT2D eigenvalue weighted by molar-refractivity contribution is 5.42. The lowest BCUT2D eigenvalue weighted by atomic mass is 9.82. The van der Waals surface area contributed by atoms with Crippen molar-refractivity contribution in [1.82, 2.24) is 4.90 Å². The molecule has 1 aromatic rings. The van der Waals surface area contributed by atoms with Crippen LogP contribution in [0.5, 0.6) is 0 Å². The van der Waals surface area contributed by atoms with Crippen molar-refractivity contribution < 1.29 is 5.11 Å². The van der Waals surface area contributed by atoms with Crippen LogP contribution in [0.15, 0.2) is 12.1 Å². The highest BCUT2D eigenvalue weighted by Crippen LogP contribution is 2.47. The summed E-state index contributed by atoms with van der Waals surface area (Å²) in [6, 6.07) is 4.37. The van der Waals surface area contributed by atoms with Crippen LogP contribution in [0.2, 0.25) is 0 Å². The molecule has 0 bridgehead atoms. The molecule has 1 aliphatic rings. The predicted octanol–water partition coefficient (Wildman–Crippen LogP) is 2.77. The van der Waals surface area contributed by atoms with Gasteiger partial charge in [-0.3, -0.25) is 0 Å². The Kier molecular flexibility index (Phi) is 3.52. The quantitative estimate of drug-likeness (QED) is 0.884. The fourth-order valence-corrected chi connectivity index (χ4v) is 3.32. The fourth-order valence-electron chi connectivity index (χ4n) is 3.32. The van der Waals surface area contributed by atoms with Crippen molar-refractivity contribution >= 4 is 0 Å². The molecule has 1 aromatic carbocycles. The monoisotopic (exact) mass is 247 g/mol. The number of hydrogen-bond acceptors (Lipinski definition) is 2. The number of aliphatic hydroxyl groups is 1. The highest BCUT2D eigenvalue weighted by atomic mass is 16.3. The lowest BCUT2D eigenvalue weighted by Gasteiger charge is -2.34. The average Bonchev–Trinajstić information content (AvgIpc) is 2.96. The van der Waals surface area contributed by atoms with Crippen molar-refractivity contribution in [2.75, 3.05) is 20.6 Å². The molecule has 100 valence electrons. The van der Waals surface area contributed by atoms with E-state index in [1.165, 1.54) is 16.7 Å². The standard InChI is InChI=1S/C16H25NO/c1-11-8-12(2)15(13(3)9-11)16(18,10-17(4)5)14-6-7-14/h8-9,14,18H,6-7,10H2,1-5H3. The first-order valence-corrected chi connectivity index (χ1v) is 6.80. The summed E-state index contributed by atoms with van der Waals surface area (Å²) in [7, 11) is 4.07. The van der Waals surface area contributed by atoms with Crippen LogP contribution < -0.4 is 0 Å². The summed E-state index contributed by atoms with van der Waals surface area (Å²) in [6.07, 6.45) is 2.30. The van der Waals surface area contributed by atoms with E-state index in [4.69, 9.17) is 0 Å². The van der Waals surface area contributed by atoms with Crippen molar-refractivity contribution in [3.63, 3.8) is 0 Å². The van der Waals surface area contributed by atoms with Crippen molar-refractivity contribution in [2.45, 2.75) is 39.2 Å². The second kappa shape index (κ2) is 4.67. The van der Waals surface area contributed by atoms with E-state index >= 15 is 0 Å². The molecule has 0 aliphatic heterocycles. The molecule has 0 heterocycles. The molecule has 2 nitrogen and oxygen atoms in total. The number of hydrogen-bond donors (Lipinski definition) is 1. The summed E-state index contributed by atoms with van der Waals surface area (Å²) in [6.45, 7) is 7.07. The molecule has 1 aliphatic carbocycles. The molecule has 1 unspecified atom stereocenters. The Balaban J connectivity index is 2.49. The zero-order valence-corrected chi connectivity index (χ0v) is 12.2. The molecular weight excluding hydrogens is 222 g/mol. The Labute approximate surface area is 111 Å². The van der Waals surface area contributed by atoms with E-state index in [0.29, 0.717) is 12.5 Å². The van der Waals surface area contributed by atoms with Crippen molar-refractivity contribution in [2.24, 2.45) is 5.92 Å². The molecule has 1 atom stereocenters. The Morgan fingerprint density at radius 1 is 1.17 bits per heavy atom. The van der Waals surface area contributed by atoms with Gasteiger partial charge in [-0.2, -0.15) is 0 Å². The molecule has 0 radical (unpaired) electrons. The van der Waals surface area contributed by atoms with Gasteiger partial charge in [0, 0.05) is 6.54 Å². The first kappa shape index (κ1) is 13.6. The molecular formula is C16H25NO. The summed E-state index contributed by atoms with van der Waals surface area (Å²) >= 11 is 0. The third-order valence-corrected chi connectivity index (χ3v) is 3.92. The average molecular weight is 247 g/mol. The van der Waals surface area contributed by atoms with Gasteiger partial charge in [-0.05, 0) is 70.3 Å². The molecule has 1 saturated carbocycles. The predicted molar refractivity (Wildman–Crippen MR) is 75.8 cm³/mol. The van der Waals surface area contributed by atoms with Gasteiger partial charge in [-0.15, -0.1) is 0 Å². The van der Waals surface area contributed by atoms with E-state index in [1.807, 2.05) is 14.1 Å². The van der Waals surface area contributed by atoms with Gasteiger partial charge in [0.1, 0.15) is 5.60 Å². The van der Waals surface area contributed by atoms with Gasteiger partial charge < -0.3 is 10.0 Å². The van der Waals surface area contributed by atoms with Crippen LogP contribution in [0.3, 0.4) is 0 Å². The number of likely N-dealkylation sites (N-methyl/N-ethyl adjacent to an activating group) is 1. The second-order valence-corrected chi connectivity index (χ2v) is 6.21. The lowest BCUT2D eigenvalue weighted by Crippen LogP contribution is -2.40. The maximum atomic E-state index is 11.2. The summed E-state index contributed by atoms with van der Waals surface area (Å²) in [5.41, 5.74) is 4.21. The maximum absolute atomic E-state index is 11.2. The van der Waals surface area contributed by atoms with Crippen LogP contribution in [-0.4, -0.2) is 30.6 Å². The number of aryl methyl sites for hydroxylation is 3. The molecule has 0 saturated heterocycles.